The van der Waals surface area contributed by atoms with Gasteiger partial charge in [-0.05, 0) is 49.4 Å². The van der Waals surface area contributed by atoms with E-state index in [0.29, 0.717) is 11.8 Å². The van der Waals surface area contributed by atoms with Gasteiger partial charge in [0.15, 0.2) is 0 Å². The summed E-state index contributed by atoms with van der Waals surface area (Å²) in [5.41, 5.74) is 7.01. The monoisotopic (exact) mass is 191 g/mol. The molecule has 1 fully saturated rings. The van der Waals surface area contributed by atoms with Gasteiger partial charge in [-0.3, -0.25) is 0 Å². The highest BCUT2D eigenvalue weighted by atomic mass is 16.5. The Hall–Kier alpha value is -1.02. The predicted octanol–water partition coefficient (Wildman–Crippen LogP) is 2.15. The van der Waals surface area contributed by atoms with Crippen LogP contribution in [0.3, 0.4) is 0 Å². The fourth-order valence-electron chi connectivity index (χ4n) is 1.92. The lowest BCUT2D eigenvalue weighted by Gasteiger charge is -2.05. The lowest BCUT2D eigenvalue weighted by molar-refractivity contribution is 0.340. The van der Waals surface area contributed by atoms with E-state index in [9.17, 15) is 0 Å². The Morgan fingerprint density at radius 3 is 3.00 bits per heavy atom. The van der Waals surface area contributed by atoms with E-state index in [4.69, 9.17) is 10.5 Å². The van der Waals surface area contributed by atoms with Gasteiger partial charge in [0, 0.05) is 0 Å². The molecule has 2 heteroatoms. The van der Waals surface area contributed by atoms with E-state index in [1.165, 1.54) is 12.0 Å². The molecule has 0 bridgehead atoms. The van der Waals surface area contributed by atoms with E-state index in [1.54, 1.807) is 0 Å². The summed E-state index contributed by atoms with van der Waals surface area (Å²) in [5.74, 6) is 2.36. The van der Waals surface area contributed by atoms with Crippen LogP contribution < -0.4 is 10.5 Å². The molecule has 2 rings (SSSR count). The molecule has 0 amide bonds. The van der Waals surface area contributed by atoms with Crippen LogP contribution in [0.1, 0.15) is 24.8 Å². The lowest BCUT2D eigenvalue weighted by atomic mass is 10.1. The molecule has 1 saturated carbocycles. The molecule has 2 unspecified atom stereocenters. The van der Waals surface area contributed by atoms with Crippen molar-refractivity contribution in [3.63, 3.8) is 0 Å². The Balaban J connectivity index is 2.07. The van der Waals surface area contributed by atoms with E-state index < -0.39 is 0 Å². The molecule has 0 spiro atoms. The fraction of sp³-hybridized carbons (Fsp3) is 0.500. The van der Waals surface area contributed by atoms with Crippen molar-refractivity contribution in [1.82, 2.24) is 0 Å². The zero-order valence-corrected chi connectivity index (χ0v) is 8.57. The van der Waals surface area contributed by atoms with Gasteiger partial charge < -0.3 is 10.5 Å². The van der Waals surface area contributed by atoms with Gasteiger partial charge in [-0.1, -0.05) is 12.1 Å². The molecule has 14 heavy (non-hydrogen) atoms. The third kappa shape index (κ3) is 1.90. The third-order valence-electron chi connectivity index (χ3n) is 2.82. The highest BCUT2D eigenvalue weighted by Crippen LogP contribution is 2.47. The van der Waals surface area contributed by atoms with E-state index in [-0.39, 0.29) is 0 Å². The zero-order valence-electron chi connectivity index (χ0n) is 8.57. The SMILES string of the molecule is CCOc1cccc(C2CC2CN)c1. The topological polar surface area (TPSA) is 35.2 Å². The average molecular weight is 191 g/mol. The van der Waals surface area contributed by atoms with E-state index in [1.807, 2.05) is 13.0 Å². The minimum atomic E-state index is 0.681. The maximum atomic E-state index is 5.63. The van der Waals surface area contributed by atoms with E-state index >= 15 is 0 Å². The molecule has 0 aromatic heterocycles. The van der Waals surface area contributed by atoms with E-state index in [0.717, 1.165) is 18.9 Å². The van der Waals surface area contributed by atoms with Gasteiger partial charge in [0.2, 0.25) is 0 Å². The van der Waals surface area contributed by atoms with Crippen LogP contribution in [0, 0.1) is 5.92 Å². The highest BCUT2D eigenvalue weighted by molar-refractivity contribution is 5.34. The standard InChI is InChI=1S/C12H17NO/c1-2-14-11-5-3-4-9(6-11)12-7-10(12)8-13/h3-6,10,12H,2,7-8,13H2,1H3. The highest BCUT2D eigenvalue weighted by Gasteiger charge is 2.36. The summed E-state index contributed by atoms with van der Waals surface area (Å²) in [7, 11) is 0. The number of rotatable bonds is 4. The van der Waals surface area contributed by atoms with Gasteiger partial charge in [0.25, 0.3) is 0 Å². The summed E-state index contributed by atoms with van der Waals surface area (Å²) in [6, 6.07) is 8.38. The average Bonchev–Trinajstić information content (AvgIpc) is 2.98. The Morgan fingerprint density at radius 1 is 1.50 bits per heavy atom. The molecular formula is C12H17NO. The molecule has 0 saturated heterocycles. The first-order valence-corrected chi connectivity index (χ1v) is 5.28. The van der Waals surface area contributed by atoms with Crippen LogP contribution in [0.25, 0.3) is 0 Å². The largest absolute Gasteiger partial charge is 0.494 e. The molecule has 1 aliphatic carbocycles. The van der Waals surface area contributed by atoms with Crippen LogP contribution in [-0.2, 0) is 0 Å². The molecule has 0 radical (unpaired) electrons. The number of benzene rings is 1. The van der Waals surface area contributed by atoms with Crippen molar-refractivity contribution in [2.45, 2.75) is 19.3 Å². The van der Waals surface area contributed by atoms with Crippen LogP contribution in [-0.4, -0.2) is 13.2 Å². The number of hydrogen-bond acceptors (Lipinski definition) is 2. The van der Waals surface area contributed by atoms with Crippen LogP contribution in [0.4, 0.5) is 0 Å². The smallest absolute Gasteiger partial charge is 0.119 e. The second-order valence-corrected chi connectivity index (χ2v) is 3.84. The number of hydrogen-bond donors (Lipinski definition) is 1. The Kier molecular flexibility index (Phi) is 2.73. The molecule has 0 heterocycles. The molecule has 1 aromatic rings. The quantitative estimate of drug-likeness (QED) is 0.791. The first-order valence-electron chi connectivity index (χ1n) is 5.28. The van der Waals surface area contributed by atoms with Crippen molar-refractivity contribution in [1.29, 1.82) is 0 Å². The zero-order chi connectivity index (χ0) is 9.97. The van der Waals surface area contributed by atoms with Gasteiger partial charge >= 0.3 is 0 Å². The Labute approximate surface area is 85.1 Å². The van der Waals surface area contributed by atoms with Gasteiger partial charge in [-0.25, -0.2) is 0 Å². The van der Waals surface area contributed by atoms with Crippen LogP contribution in [0.5, 0.6) is 5.75 Å². The predicted molar refractivity (Wildman–Crippen MR) is 57.5 cm³/mol. The molecule has 1 aliphatic rings. The summed E-state index contributed by atoms with van der Waals surface area (Å²) >= 11 is 0. The molecule has 2 nitrogen and oxygen atoms in total. The van der Waals surface area contributed by atoms with Crippen LogP contribution in [0.15, 0.2) is 24.3 Å². The van der Waals surface area contributed by atoms with Crippen molar-refractivity contribution in [2.75, 3.05) is 13.2 Å². The maximum absolute atomic E-state index is 5.63. The summed E-state index contributed by atoms with van der Waals surface area (Å²) in [4.78, 5) is 0. The van der Waals surface area contributed by atoms with Crippen molar-refractivity contribution < 1.29 is 4.74 Å². The summed E-state index contributed by atoms with van der Waals surface area (Å²) in [5, 5.41) is 0. The number of nitrogens with two attached hydrogens (primary N) is 1. The molecular weight excluding hydrogens is 174 g/mol. The van der Waals surface area contributed by atoms with Crippen molar-refractivity contribution in [2.24, 2.45) is 11.7 Å². The molecule has 2 atom stereocenters. The first-order chi connectivity index (χ1) is 6.85. The summed E-state index contributed by atoms with van der Waals surface area (Å²) in [6.45, 7) is 3.55. The van der Waals surface area contributed by atoms with Gasteiger partial charge in [0.05, 0.1) is 6.61 Å². The molecule has 0 aliphatic heterocycles. The summed E-state index contributed by atoms with van der Waals surface area (Å²) < 4.78 is 5.46. The van der Waals surface area contributed by atoms with Gasteiger partial charge in [-0.15, -0.1) is 0 Å². The lowest BCUT2D eigenvalue weighted by Crippen LogP contribution is -2.02. The first kappa shape index (κ1) is 9.53. The Morgan fingerprint density at radius 2 is 2.36 bits per heavy atom. The van der Waals surface area contributed by atoms with Crippen molar-refractivity contribution in [3.8, 4) is 5.75 Å². The molecule has 1 aromatic carbocycles. The fourth-order valence-corrected chi connectivity index (χ4v) is 1.92. The second kappa shape index (κ2) is 4.01. The van der Waals surface area contributed by atoms with E-state index in [2.05, 4.69) is 18.2 Å². The Bertz CT molecular complexity index is 311. The van der Waals surface area contributed by atoms with Crippen molar-refractivity contribution in [3.05, 3.63) is 29.8 Å². The number of ether oxygens (including phenoxy) is 1. The van der Waals surface area contributed by atoms with Crippen molar-refractivity contribution >= 4 is 0 Å². The molecule has 76 valence electrons. The minimum Gasteiger partial charge on any atom is -0.494 e. The third-order valence-corrected chi connectivity index (χ3v) is 2.82. The van der Waals surface area contributed by atoms with Gasteiger partial charge in [-0.2, -0.15) is 0 Å². The second-order valence-electron chi connectivity index (χ2n) is 3.84. The normalized spacial score (nSPS) is 24.7. The van der Waals surface area contributed by atoms with Gasteiger partial charge in [0.1, 0.15) is 5.75 Å². The summed E-state index contributed by atoms with van der Waals surface area (Å²) in [6.07, 6.45) is 1.24. The van der Waals surface area contributed by atoms with Crippen LogP contribution in [0.2, 0.25) is 0 Å². The maximum Gasteiger partial charge on any atom is 0.119 e. The molecule has 2 N–H and O–H groups in total. The van der Waals surface area contributed by atoms with Crippen LogP contribution >= 0.6 is 0 Å². The minimum absolute atomic E-state index is 0.681.